The van der Waals surface area contributed by atoms with Gasteiger partial charge in [-0.05, 0) is 19.4 Å². The van der Waals surface area contributed by atoms with Gasteiger partial charge >= 0.3 is 0 Å². The van der Waals surface area contributed by atoms with Gasteiger partial charge in [0.1, 0.15) is 0 Å². The minimum Gasteiger partial charge on any atom is -0.330 e. The molecule has 0 bridgehead atoms. The van der Waals surface area contributed by atoms with Crippen LogP contribution < -0.4 is 17.2 Å². The predicted octanol–water partition coefficient (Wildman–Crippen LogP) is 0.698. The first kappa shape index (κ1) is 29.2. The van der Waals surface area contributed by atoms with Crippen molar-refractivity contribution in [3.8, 4) is 0 Å². The molecule has 1 atom stereocenters. The zero-order valence-electron chi connectivity index (χ0n) is 6.77. The lowest BCUT2D eigenvalue weighted by atomic mass is 10.2. The molecular weight excluding hydrogens is 244 g/mol. The summed E-state index contributed by atoms with van der Waals surface area (Å²) in [4.78, 5) is 0. The van der Waals surface area contributed by atoms with E-state index in [-0.39, 0.29) is 55.7 Å². The fourth-order valence-corrected chi connectivity index (χ4v) is 0.498. The van der Waals surface area contributed by atoms with Crippen molar-refractivity contribution >= 4 is 49.6 Å². The zero-order chi connectivity index (χ0) is 6.41. The van der Waals surface area contributed by atoms with Crippen LogP contribution in [0.15, 0.2) is 0 Å². The first-order chi connectivity index (χ1) is 3.81. The van der Waals surface area contributed by atoms with E-state index in [4.69, 9.17) is 17.2 Å². The van der Waals surface area contributed by atoms with E-state index in [2.05, 4.69) is 0 Å². The first-order valence-electron chi connectivity index (χ1n) is 2.97. The molecule has 0 heterocycles. The molecule has 0 saturated heterocycles. The Kier molecular flexibility index (Phi) is 55.3. The van der Waals surface area contributed by atoms with Crippen molar-refractivity contribution in [3.63, 3.8) is 0 Å². The Morgan fingerprint density at radius 1 is 0.917 bits per heavy atom. The molecule has 0 aromatic carbocycles. The third kappa shape index (κ3) is 22.5. The summed E-state index contributed by atoms with van der Waals surface area (Å²) in [5.41, 5.74) is 16.0. The van der Waals surface area contributed by atoms with Crippen LogP contribution in [0, 0.1) is 0 Å². The van der Waals surface area contributed by atoms with Gasteiger partial charge in [-0.15, -0.1) is 49.6 Å². The highest BCUT2D eigenvalue weighted by Crippen LogP contribution is 1.88. The summed E-state index contributed by atoms with van der Waals surface area (Å²) < 4.78 is 0. The average molecular weight is 263 g/mol. The lowest BCUT2D eigenvalue weighted by molar-refractivity contribution is 0.596. The molecule has 0 aliphatic rings. The van der Waals surface area contributed by atoms with Gasteiger partial charge in [0.15, 0.2) is 0 Å². The molecule has 1 unspecified atom stereocenters. The average Bonchev–Trinajstić information content (AvgIpc) is 1.83. The predicted molar refractivity (Wildman–Crippen MR) is 64.3 cm³/mol. The fraction of sp³-hybridized carbons (Fsp3) is 1.00. The molecule has 82 valence electrons. The maximum Gasteiger partial charge on any atom is 0.0163 e. The maximum absolute atomic E-state index is 5.48. The van der Waals surface area contributed by atoms with Crippen LogP contribution >= 0.6 is 49.6 Å². The van der Waals surface area contributed by atoms with Crippen molar-refractivity contribution in [2.24, 2.45) is 17.2 Å². The summed E-state index contributed by atoms with van der Waals surface area (Å²) in [5.74, 6) is 0. The van der Waals surface area contributed by atoms with Gasteiger partial charge in [0.25, 0.3) is 0 Å². The minimum atomic E-state index is 0. The van der Waals surface area contributed by atoms with Crippen LogP contribution in [-0.4, -0.2) is 19.1 Å². The van der Waals surface area contributed by atoms with Crippen LogP contribution in [0.2, 0.25) is 0 Å². The van der Waals surface area contributed by atoms with Crippen LogP contribution in [0.5, 0.6) is 0 Å². The van der Waals surface area contributed by atoms with E-state index in [1.807, 2.05) is 0 Å². The summed E-state index contributed by atoms with van der Waals surface area (Å²) in [7, 11) is 0. The summed E-state index contributed by atoms with van der Waals surface area (Å²) in [5, 5.41) is 0. The maximum atomic E-state index is 5.48. The normalized spacial score (nSPS) is 9.25. The van der Waals surface area contributed by atoms with E-state index in [0.717, 1.165) is 12.8 Å². The second-order valence-electron chi connectivity index (χ2n) is 1.93. The molecule has 0 fully saturated rings. The van der Waals surface area contributed by atoms with Gasteiger partial charge in [-0.3, -0.25) is 0 Å². The molecule has 0 radical (unpaired) electrons. The molecule has 0 aliphatic carbocycles. The van der Waals surface area contributed by atoms with E-state index in [9.17, 15) is 0 Å². The van der Waals surface area contributed by atoms with E-state index in [0.29, 0.717) is 13.1 Å². The highest BCUT2D eigenvalue weighted by atomic mass is 35.5. The molecule has 6 N–H and O–H groups in total. The van der Waals surface area contributed by atoms with Crippen LogP contribution in [0.3, 0.4) is 0 Å². The van der Waals surface area contributed by atoms with Crippen molar-refractivity contribution in [2.45, 2.75) is 18.9 Å². The molecular formula is C5H19Cl4N3. The monoisotopic (exact) mass is 261 g/mol. The standard InChI is InChI=1S/C5H15N3.4ClH/c6-3-1-2-5(8)4-7;;;;/h5H,1-4,6-8H2;4*1H. The molecule has 0 aromatic heterocycles. The lowest BCUT2D eigenvalue weighted by Gasteiger charge is -2.04. The van der Waals surface area contributed by atoms with Gasteiger partial charge < -0.3 is 17.2 Å². The molecule has 0 aliphatic heterocycles. The van der Waals surface area contributed by atoms with Crippen molar-refractivity contribution in [3.05, 3.63) is 0 Å². The Morgan fingerprint density at radius 3 is 1.58 bits per heavy atom. The molecule has 0 aromatic rings. The number of nitrogens with two attached hydrogens (primary N) is 3. The van der Waals surface area contributed by atoms with Gasteiger partial charge in [0, 0.05) is 12.6 Å². The molecule has 0 spiro atoms. The van der Waals surface area contributed by atoms with Crippen molar-refractivity contribution in [1.29, 1.82) is 0 Å². The Bertz CT molecular complexity index is 58.0. The van der Waals surface area contributed by atoms with Crippen LogP contribution in [0.25, 0.3) is 0 Å². The lowest BCUT2D eigenvalue weighted by Crippen LogP contribution is -2.29. The third-order valence-electron chi connectivity index (χ3n) is 1.08. The van der Waals surface area contributed by atoms with Crippen LogP contribution in [-0.2, 0) is 0 Å². The van der Waals surface area contributed by atoms with Crippen molar-refractivity contribution in [1.82, 2.24) is 0 Å². The number of rotatable bonds is 4. The Balaban J connectivity index is -0.0000000408. The second-order valence-corrected chi connectivity index (χ2v) is 1.93. The molecule has 7 heteroatoms. The van der Waals surface area contributed by atoms with E-state index >= 15 is 0 Å². The summed E-state index contributed by atoms with van der Waals surface area (Å²) in [6, 6.07) is 0.151. The highest BCUT2D eigenvalue weighted by molar-refractivity contribution is 5.86. The van der Waals surface area contributed by atoms with Gasteiger partial charge in [0.05, 0.1) is 0 Å². The summed E-state index contributed by atoms with van der Waals surface area (Å²) >= 11 is 0. The zero-order valence-corrected chi connectivity index (χ0v) is 10.0. The van der Waals surface area contributed by atoms with E-state index in [1.54, 1.807) is 0 Å². The van der Waals surface area contributed by atoms with Crippen molar-refractivity contribution < 1.29 is 0 Å². The van der Waals surface area contributed by atoms with Gasteiger partial charge in [-0.2, -0.15) is 0 Å². The second kappa shape index (κ2) is 22.7. The van der Waals surface area contributed by atoms with Crippen LogP contribution in [0.4, 0.5) is 0 Å². The van der Waals surface area contributed by atoms with Crippen LogP contribution in [0.1, 0.15) is 12.8 Å². The van der Waals surface area contributed by atoms with Gasteiger partial charge in [-0.1, -0.05) is 0 Å². The Morgan fingerprint density at radius 2 is 1.33 bits per heavy atom. The quantitative estimate of drug-likeness (QED) is 0.698. The largest absolute Gasteiger partial charge is 0.330 e. The minimum absolute atomic E-state index is 0. The topological polar surface area (TPSA) is 78.1 Å². The first-order valence-corrected chi connectivity index (χ1v) is 2.97. The molecule has 12 heavy (non-hydrogen) atoms. The molecule has 0 amide bonds. The van der Waals surface area contributed by atoms with E-state index < -0.39 is 0 Å². The molecule has 0 rings (SSSR count). The number of hydrogen-bond acceptors (Lipinski definition) is 3. The SMILES string of the molecule is Cl.Cl.Cl.Cl.NCCCC(N)CN. The Labute approximate surface area is 98.8 Å². The van der Waals surface area contributed by atoms with E-state index in [1.165, 1.54) is 0 Å². The smallest absolute Gasteiger partial charge is 0.0163 e. The number of halogens is 4. The highest BCUT2D eigenvalue weighted by Gasteiger charge is 1.95. The fourth-order valence-electron chi connectivity index (χ4n) is 0.498. The third-order valence-corrected chi connectivity index (χ3v) is 1.08. The number of hydrogen-bond donors (Lipinski definition) is 3. The Hall–Kier alpha value is 1.04. The van der Waals surface area contributed by atoms with Gasteiger partial charge in [0.2, 0.25) is 0 Å². The summed E-state index contributed by atoms with van der Waals surface area (Å²) in [6.07, 6.45) is 1.94. The molecule has 0 saturated carbocycles. The van der Waals surface area contributed by atoms with Crippen molar-refractivity contribution in [2.75, 3.05) is 13.1 Å². The summed E-state index contributed by atoms with van der Waals surface area (Å²) in [6.45, 7) is 1.29. The molecule has 3 nitrogen and oxygen atoms in total. The van der Waals surface area contributed by atoms with Gasteiger partial charge in [-0.25, -0.2) is 0 Å².